The molecule has 0 aliphatic carbocycles. The fraction of sp³-hybridized carbons (Fsp3) is 0.250. The number of rotatable bonds is 0. The first-order chi connectivity index (χ1) is 4.93. The van der Waals surface area contributed by atoms with E-state index in [0.717, 1.165) is 0 Å². The molecule has 3 nitrogen and oxygen atoms in total. The standard InChI is InChI=1S/C4H2F4N2O/c5-1-2(4(6,7)8)9-10-3(1)11/h(H2,9,10,11). The van der Waals surface area contributed by atoms with Crippen LogP contribution in [0.4, 0.5) is 17.6 Å². The van der Waals surface area contributed by atoms with Crippen LogP contribution in [0.3, 0.4) is 0 Å². The predicted molar refractivity (Wildman–Crippen MR) is 26.4 cm³/mol. The lowest BCUT2D eigenvalue weighted by Gasteiger charge is -2.00. The molecule has 1 aromatic heterocycles. The topological polar surface area (TPSA) is 48.6 Å². The minimum Gasteiger partial charge on any atom is -0.291 e. The molecule has 7 heteroatoms. The highest BCUT2D eigenvalue weighted by Gasteiger charge is 2.37. The van der Waals surface area contributed by atoms with Crippen LogP contribution in [0.5, 0.6) is 0 Å². The number of aromatic nitrogens is 2. The number of H-pyrrole nitrogens is 2. The van der Waals surface area contributed by atoms with Crippen molar-refractivity contribution in [1.82, 2.24) is 10.2 Å². The Labute approximate surface area is 57.0 Å². The van der Waals surface area contributed by atoms with Gasteiger partial charge in [0.2, 0.25) is 5.82 Å². The Kier molecular flexibility index (Phi) is 1.50. The zero-order valence-electron chi connectivity index (χ0n) is 4.92. The molecule has 0 unspecified atom stereocenters. The number of alkyl halides is 3. The maximum atomic E-state index is 12.2. The largest absolute Gasteiger partial charge is 0.435 e. The first kappa shape index (κ1) is 7.83. The molecule has 0 saturated heterocycles. The van der Waals surface area contributed by atoms with E-state index in [1.165, 1.54) is 10.2 Å². The van der Waals surface area contributed by atoms with Gasteiger partial charge in [-0.05, 0) is 0 Å². The molecule has 0 bridgehead atoms. The Morgan fingerprint density at radius 2 is 1.73 bits per heavy atom. The molecule has 0 aromatic carbocycles. The molecule has 0 atom stereocenters. The SMILES string of the molecule is O=c1[nH][nH]c(C(F)(F)F)c1F. The summed E-state index contributed by atoms with van der Waals surface area (Å²) in [6.07, 6.45) is -4.86. The van der Waals surface area contributed by atoms with Crippen LogP contribution in [0, 0.1) is 5.82 Å². The van der Waals surface area contributed by atoms with E-state index in [2.05, 4.69) is 0 Å². The van der Waals surface area contributed by atoms with Crippen molar-refractivity contribution in [3.63, 3.8) is 0 Å². The number of hydrogen-bond donors (Lipinski definition) is 2. The molecule has 0 fully saturated rings. The zero-order chi connectivity index (χ0) is 8.65. The van der Waals surface area contributed by atoms with E-state index < -0.39 is 23.2 Å². The van der Waals surface area contributed by atoms with Crippen molar-refractivity contribution in [3.05, 3.63) is 21.9 Å². The van der Waals surface area contributed by atoms with Crippen LogP contribution in [0.1, 0.15) is 5.69 Å². The normalized spacial score (nSPS) is 12.0. The van der Waals surface area contributed by atoms with Gasteiger partial charge in [-0.1, -0.05) is 0 Å². The Balaban J connectivity index is 3.26. The van der Waals surface area contributed by atoms with Crippen molar-refractivity contribution < 1.29 is 17.6 Å². The smallest absolute Gasteiger partial charge is 0.291 e. The van der Waals surface area contributed by atoms with Gasteiger partial charge in [0, 0.05) is 0 Å². The van der Waals surface area contributed by atoms with Crippen LogP contribution in [0.2, 0.25) is 0 Å². The van der Waals surface area contributed by atoms with Gasteiger partial charge in [-0.3, -0.25) is 15.0 Å². The van der Waals surface area contributed by atoms with Crippen molar-refractivity contribution in [3.8, 4) is 0 Å². The second-order valence-corrected chi connectivity index (χ2v) is 1.77. The third kappa shape index (κ3) is 1.26. The minimum absolute atomic E-state index is 1.38. The van der Waals surface area contributed by atoms with E-state index in [4.69, 9.17) is 0 Å². The van der Waals surface area contributed by atoms with E-state index in [1.54, 1.807) is 0 Å². The summed E-state index contributed by atoms with van der Waals surface area (Å²) in [6, 6.07) is 0. The fourth-order valence-electron chi connectivity index (χ4n) is 0.538. The van der Waals surface area contributed by atoms with Gasteiger partial charge in [0.1, 0.15) is 0 Å². The molecule has 1 heterocycles. The number of hydrogen-bond acceptors (Lipinski definition) is 1. The van der Waals surface area contributed by atoms with Crippen molar-refractivity contribution in [2.75, 3.05) is 0 Å². The summed E-state index contributed by atoms with van der Waals surface area (Å²) in [7, 11) is 0. The van der Waals surface area contributed by atoms with Crippen LogP contribution >= 0.6 is 0 Å². The third-order valence-corrected chi connectivity index (χ3v) is 1.00. The Morgan fingerprint density at radius 3 is 1.91 bits per heavy atom. The molecule has 0 aliphatic heterocycles. The highest BCUT2D eigenvalue weighted by Crippen LogP contribution is 2.27. The van der Waals surface area contributed by atoms with E-state index in [1.807, 2.05) is 0 Å². The molecule has 0 spiro atoms. The molecular weight excluding hydrogens is 168 g/mol. The molecule has 2 N–H and O–H groups in total. The maximum Gasteiger partial charge on any atom is 0.435 e. The van der Waals surface area contributed by atoms with Crippen molar-refractivity contribution in [2.24, 2.45) is 0 Å². The molecule has 0 amide bonds. The summed E-state index contributed by atoms with van der Waals surface area (Å²) in [6.45, 7) is 0. The minimum atomic E-state index is -4.86. The average Bonchev–Trinajstić information content (AvgIpc) is 2.11. The molecule has 62 valence electrons. The van der Waals surface area contributed by atoms with Gasteiger partial charge in [-0.2, -0.15) is 17.6 Å². The molecule has 11 heavy (non-hydrogen) atoms. The summed E-state index contributed by atoms with van der Waals surface area (Å²) in [4.78, 5) is 10.1. The van der Waals surface area contributed by atoms with Gasteiger partial charge in [-0.15, -0.1) is 0 Å². The van der Waals surface area contributed by atoms with Gasteiger partial charge in [0.05, 0.1) is 0 Å². The highest BCUT2D eigenvalue weighted by atomic mass is 19.4. The molecular formula is C4H2F4N2O. The highest BCUT2D eigenvalue weighted by molar-refractivity contribution is 5.05. The molecule has 0 radical (unpaired) electrons. The predicted octanol–water partition coefficient (Wildman–Crippen LogP) is 0.861. The van der Waals surface area contributed by atoms with Crippen molar-refractivity contribution in [1.29, 1.82) is 0 Å². The second-order valence-electron chi connectivity index (χ2n) is 1.77. The third-order valence-electron chi connectivity index (χ3n) is 1.00. The maximum absolute atomic E-state index is 12.2. The number of nitrogens with one attached hydrogen (secondary N) is 2. The van der Waals surface area contributed by atoms with Crippen molar-refractivity contribution >= 4 is 0 Å². The van der Waals surface area contributed by atoms with Crippen LogP contribution in [0.25, 0.3) is 0 Å². The fourth-order valence-corrected chi connectivity index (χ4v) is 0.538. The van der Waals surface area contributed by atoms with Gasteiger partial charge in [0.25, 0.3) is 0 Å². The average molecular weight is 170 g/mol. The lowest BCUT2D eigenvalue weighted by Crippen LogP contribution is -2.10. The lowest BCUT2D eigenvalue weighted by atomic mass is 10.4. The number of aromatic amines is 2. The Hall–Kier alpha value is -1.27. The first-order valence-corrected chi connectivity index (χ1v) is 2.46. The van der Waals surface area contributed by atoms with E-state index in [9.17, 15) is 22.4 Å². The van der Waals surface area contributed by atoms with E-state index in [0.29, 0.717) is 0 Å². The van der Waals surface area contributed by atoms with Crippen LogP contribution in [-0.4, -0.2) is 10.2 Å². The molecule has 0 saturated carbocycles. The zero-order valence-corrected chi connectivity index (χ0v) is 4.92. The lowest BCUT2D eigenvalue weighted by molar-refractivity contribution is -0.143. The summed E-state index contributed by atoms with van der Waals surface area (Å²) in [5, 5.41) is 2.84. The molecule has 0 aliphatic rings. The van der Waals surface area contributed by atoms with Gasteiger partial charge in [0.15, 0.2) is 5.69 Å². The van der Waals surface area contributed by atoms with Gasteiger partial charge in [-0.25, -0.2) is 0 Å². The number of halogens is 4. The van der Waals surface area contributed by atoms with E-state index >= 15 is 0 Å². The summed E-state index contributed by atoms with van der Waals surface area (Å²) < 4.78 is 47.1. The quantitative estimate of drug-likeness (QED) is 0.557. The van der Waals surface area contributed by atoms with E-state index in [-0.39, 0.29) is 0 Å². The monoisotopic (exact) mass is 170 g/mol. The summed E-state index contributed by atoms with van der Waals surface area (Å²) in [5.41, 5.74) is -3.08. The summed E-state index contributed by atoms with van der Waals surface area (Å²) in [5.74, 6) is -1.84. The molecule has 1 aromatic rings. The Morgan fingerprint density at radius 1 is 1.18 bits per heavy atom. The van der Waals surface area contributed by atoms with Gasteiger partial charge >= 0.3 is 11.7 Å². The first-order valence-electron chi connectivity index (χ1n) is 2.46. The Bertz CT molecular complexity index is 309. The van der Waals surface area contributed by atoms with Crippen LogP contribution < -0.4 is 5.56 Å². The second kappa shape index (κ2) is 2.11. The van der Waals surface area contributed by atoms with Crippen LogP contribution in [0.15, 0.2) is 4.79 Å². The molecule has 1 rings (SSSR count). The van der Waals surface area contributed by atoms with Crippen LogP contribution in [-0.2, 0) is 6.18 Å². The summed E-state index contributed by atoms with van der Waals surface area (Å²) >= 11 is 0. The van der Waals surface area contributed by atoms with Gasteiger partial charge < -0.3 is 0 Å². The van der Waals surface area contributed by atoms with Crippen molar-refractivity contribution in [2.45, 2.75) is 6.18 Å².